The van der Waals surface area contributed by atoms with Crippen LogP contribution in [0.25, 0.3) is 0 Å². The van der Waals surface area contributed by atoms with Crippen LogP contribution in [0.15, 0.2) is 0 Å². The van der Waals surface area contributed by atoms with Gasteiger partial charge < -0.3 is 10.6 Å². The van der Waals surface area contributed by atoms with Crippen LogP contribution in [0.2, 0.25) is 0 Å². The highest BCUT2D eigenvalue weighted by Crippen LogP contribution is 2.00. The topological polar surface area (TPSA) is 83.0 Å². The molecular formula is C5H8N4O2. The van der Waals surface area contributed by atoms with Crippen molar-refractivity contribution in [1.82, 2.24) is 15.1 Å². The normalized spacial score (nSPS) is 9.64. The number of esters is 1. The van der Waals surface area contributed by atoms with Crippen LogP contribution >= 0.6 is 0 Å². The maximum Gasteiger partial charge on any atom is 0.360 e. The molecule has 1 aromatic rings. The number of hydrogen-bond donors (Lipinski definition) is 1. The minimum absolute atomic E-state index is 0.148. The Morgan fingerprint density at radius 2 is 2.27 bits per heavy atom. The fourth-order valence-corrected chi connectivity index (χ4v) is 0.683. The monoisotopic (exact) mass is 156 g/mol. The number of nitrogen functional groups attached to an aromatic ring is 1. The number of ether oxygens (including phenoxy) is 1. The zero-order chi connectivity index (χ0) is 8.43. The SMILES string of the molecule is COC(=O)c1nn(N)nc1C. The molecule has 0 saturated heterocycles. The van der Waals surface area contributed by atoms with E-state index < -0.39 is 5.97 Å². The van der Waals surface area contributed by atoms with Gasteiger partial charge in [-0.25, -0.2) is 4.79 Å². The second-order valence-corrected chi connectivity index (χ2v) is 1.95. The van der Waals surface area contributed by atoms with E-state index in [0.717, 1.165) is 4.91 Å². The molecule has 0 saturated carbocycles. The van der Waals surface area contributed by atoms with Gasteiger partial charge in [0.25, 0.3) is 0 Å². The third-order valence-corrected chi connectivity index (χ3v) is 1.18. The summed E-state index contributed by atoms with van der Waals surface area (Å²) in [4.78, 5) is 11.7. The molecule has 1 aromatic heterocycles. The van der Waals surface area contributed by atoms with Crippen molar-refractivity contribution in [3.63, 3.8) is 0 Å². The first-order valence-corrected chi connectivity index (χ1v) is 2.92. The van der Waals surface area contributed by atoms with E-state index in [1.165, 1.54) is 7.11 Å². The van der Waals surface area contributed by atoms with Gasteiger partial charge in [-0.3, -0.25) is 0 Å². The van der Waals surface area contributed by atoms with Crippen molar-refractivity contribution in [3.05, 3.63) is 11.4 Å². The van der Waals surface area contributed by atoms with Crippen molar-refractivity contribution in [2.45, 2.75) is 6.92 Å². The van der Waals surface area contributed by atoms with Gasteiger partial charge in [-0.05, 0) is 6.92 Å². The molecule has 0 aromatic carbocycles. The number of carbonyl (C=O) groups is 1. The summed E-state index contributed by atoms with van der Waals surface area (Å²) in [5.74, 6) is 4.63. The molecule has 1 rings (SSSR count). The van der Waals surface area contributed by atoms with E-state index >= 15 is 0 Å². The van der Waals surface area contributed by atoms with E-state index in [9.17, 15) is 4.79 Å². The van der Waals surface area contributed by atoms with Crippen molar-refractivity contribution >= 4 is 5.97 Å². The Morgan fingerprint density at radius 1 is 1.64 bits per heavy atom. The Hall–Kier alpha value is -1.59. The van der Waals surface area contributed by atoms with Crippen LogP contribution in [0.3, 0.4) is 0 Å². The minimum Gasteiger partial charge on any atom is -0.464 e. The number of methoxy groups -OCH3 is 1. The van der Waals surface area contributed by atoms with Crippen LogP contribution in [0.4, 0.5) is 0 Å². The number of hydrogen-bond acceptors (Lipinski definition) is 5. The molecule has 0 unspecified atom stereocenters. The second kappa shape index (κ2) is 2.57. The van der Waals surface area contributed by atoms with Crippen LogP contribution < -0.4 is 5.84 Å². The van der Waals surface area contributed by atoms with Gasteiger partial charge in [-0.2, -0.15) is 0 Å². The second-order valence-electron chi connectivity index (χ2n) is 1.95. The predicted molar refractivity (Wildman–Crippen MR) is 36.2 cm³/mol. The zero-order valence-electron chi connectivity index (χ0n) is 6.24. The van der Waals surface area contributed by atoms with Crippen molar-refractivity contribution < 1.29 is 9.53 Å². The number of rotatable bonds is 1. The number of aryl methyl sites for hydroxylation is 1. The third-order valence-electron chi connectivity index (χ3n) is 1.18. The van der Waals surface area contributed by atoms with Crippen LogP contribution in [-0.2, 0) is 4.74 Å². The summed E-state index contributed by atoms with van der Waals surface area (Å²) in [5, 5.41) is 7.25. The van der Waals surface area contributed by atoms with Crippen molar-refractivity contribution in [2.75, 3.05) is 13.0 Å². The van der Waals surface area contributed by atoms with Crippen molar-refractivity contribution in [2.24, 2.45) is 0 Å². The van der Waals surface area contributed by atoms with Gasteiger partial charge in [0.15, 0.2) is 5.69 Å². The molecule has 2 N–H and O–H groups in total. The van der Waals surface area contributed by atoms with Gasteiger partial charge in [-0.15, -0.1) is 10.2 Å². The highest BCUT2D eigenvalue weighted by Gasteiger charge is 2.14. The lowest BCUT2D eigenvalue weighted by Crippen LogP contribution is -2.13. The molecule has 0 bridgehead atoms. The first kappa shape index (κ1) is 7.52. The summed E-state index contributed by atoms with van der Waals surface area (Å²) in [7, 11) is 1.28. The van der Waals surface area contributed by atoms with Crippen molar-refractivity contribution in [1.29, 1.82) is 0 Å². The molecular weight excluding hydrogens is 148 g/mol. The first-order chi connectivity index (χ1) is 5.15. The Morgan fingerprint density at radius 3 is 2.64 bits per heavy atom. The lowest BCUT2D eigenvalue weighted by Gasteiger charge is -1.91. The van der Waals surface area contributed by atoms with E-state index in [-0.39, 0.29) is 5.69 Å². The summed E-state index contributed by atoms with van der Waals surface area (Å²) >= 11 is 0. The van der Waals surface area contributed by atoms with Gasteiger partial charge in [0.05, 0.1) is 12.8 Å². The Balaban J connectivity index is 3.03. The molecule has 0 spiro atoms. The highest BCUT2D eigenvalue weighted by molar-refractivity contribution is 5.87. The van der Waals surface area contributed by atoms with Crippen LogP contribution in [0.1, 0.15) is 16.2 Å². The maximum absolute atomic E-state index is 10.9. The first-order valence-electron chi connectivity index (χ1n) is 2.92. The highest BCUT2D eigenvalue weighted by atomic mass is 16.5. The van der Waals surface area contributed by atoms with Crippen LogP contribution in [0, 0.1) is 6.92 Å². The number of carbonyl (C=O) groups excluding carboxylic acids is 1. The van der Waals surface area contributed by atoms with Crippen molar-refractivity contribution in [3.8, 4) is 0 Å². The molecule has 0 aliphatic heterocycles. The number of nitrogens with zero attached hydrogens (tertiary/aromatic N) is 3. The van der Waals surface area contributed by atoms with Gasteiger partial charge >= 0.3 is 5.97 Å². The smallest absolute Gasteiger partial charge is 0.360 e. The molecule has 0 amide bonds. The molecule has 6 nitrogen and oxygen atoms in total. The number of aromatic nitrogens is 3. The van der Waals surface area contributed by atoms with E-state index in [0.29, 0.717) is 5.69 Å². The minimum atomic E-state index is -0.529. The van der Waals surface area contributed by atoms with Gasteiger partial charge in [0.2, 0.25) is 0 Å². The summed E-state index contributed by atoms with van der Waals surface area (Å²) < 4.78 is 4.42. The van der Waals surface area contributed by atoms with E-state index in [4.69, 9.17) is 5.84 Å². The maximum atomic E-state index is 10.9. The Labute approximate surface area is 62.9 Å². The summed E-state index contributed by atoms with van der Waals surface area (Å²) in [5.41, 5.74) is 0.606. The quantitative estimate of drug-likeness (QED) is 0.420. The van der Waals surface area contributed by atoms with Gasteiger partial charge in [0, 0.05) is 0 Å². The van der Waals surface area contributed by atoms with Crippen LogP contribution in [-0.4, -0.2) is 28.2 Å². The van der Waals surface area contributed by atoms with Crippen LogP contribution in [0.5, 0.6) is 0 Å². The third kappa shape index (κ3) is 1.28. The Kier molecular flexibility index (Phi) is 1.75. The zero-order valence-corrected chi connectivity index (χ0v) is 6.24. The standard InChI is InChI=1S/C5H8N4O2/c1-3-4(5(10)11-2)8-9(6)7-3/h6H2,1-2H3. The fraction of sp³-hybridized carbons (Fsp3) is 0.400. The molecule has 6 heteroatoms. The summed E-state index contributed by atoms with van der Waals surface area (Å²) in [6.07, 6.45) is 0. The molecule has 0 aliphatic rings. The lowest BCUT2D eigenvalue weighted by molar-refractivity contribution is 0.0592. The molecule has 0 radical (unpaired) electrons. The molecule has 11 heavy (non-hydrogen) atoms. The predicted octanol–water partition coefficient (Wildman–Crippen LogP) is -0.913. The fourth-order valence-electron chi connectivity index (χ4n) is 0.683. The van der Waals surface area contributed by atoms with Gasteiger partial charge in [-0.1, -0.05) is 4.91 Å². The summed E-state index contributed by atoms with van der Waals surface area (Å²) in [6.45, 7) is 1.63. The average Bonchev–Trinajstić information content (AvgIpc) is 2.28. The largest absolute Gasteiger partial charge is 0.464 e. The van der Waals surface area contributed by atoms with E-state index in [2.05, 4.69) is 14.9 Å². The molecule has 60 valence electrons. The van der Waals surface area contributed by atoms with E-state index in [1.807, 2.05) is 0 Å². The molecule has 0 atom stereocenters. The molecule has 0 fully saturated rings. The molecule has 0 aliphatic carbocycles. The van der Waals surface area contributed by atoms with E-state index in [1.54, 1.807) is 6.92 Å². The average molecular weight is 156 g/mol. The summed E-state index contributed by atoms with van der Waals surface area (Å²) in [6, 6.07) is 0. The lowest BCUT2D eigenvalue weighted by atomic mass is 10.3. The number of nitrogens with two attached hydrogens (primary N) is 1. The van der Waals surface area contributed by atoms with Gasteiger partial charge in [0.1, 0.15) is 0 Å². The Bertz CT molecular complexity index is 280. The molecule has 1 heterocycles.